The van der Waals surface area contributed by atoms with Crippen LogP contribution in [0.15, 0.2) is 43.0 Å². The van der Waals surface area contributed by atoms with Crippen LogP contribution in [0.25, 0.3) is 5.69 Å². The maximum absolute atomic E-state index is 11.2. The summed E-state index contributed by atoms with van der Waals surface area (Å²) in [5.41, 5.74) is 1.60. The topological polar surface area (TPSA) is 78.0 Å². The van der Waals surface area contributed by atoms with E-state index in [4.69, 9.17) is 5.14 Å². The predicted octanol–water partition coefficient (Wildman–Crippen LogP) is 1.22. The average molecular weight is 251 g/mol. The quantitative estimate of drug-likeness (QED) is 0.891. The predicted molar refractivity (Wildman–Crippen MR) is 65.1 cm³/mol. The minimum Gasteiger partial charge on any atom is -0.306 e. The van der Waals surface area contributed by atoms with Gasteiger partial charge >= 0.3 is 0 Å². The van der Waals surface area contributed by atoms with Gasteiger partial charge in [-0.1, -0.05) is 12.1 Å². The molecule has 5 nitrogen and oxygen atoms in total. The molecule has 0 amide bonds. The Balaban J connectivity index is 2.31. The molecule has 1 aromatic carbocycles. The first-order valence-electron chi connectivity index (χ1n) is 5.08. The van der Waals surface area contributed by atoms with Crippen LogP contribution in [-0.4, -0.2) is 18.0 Å². The summed E-state index contributed by atoms with van der Waals surface area (Å²) in [7, 11) is -3.54. The highest BCUT2D eigenvalue weighted by molar-refractivity contribution is 7.89. The Kier molecular flexibility index (Phi) is 2.99. The van der Waals surface area contributed by atoms with Crippen molar-refractivity contribution in [2.75, 3.05) is 0 Å². The molecule has 0 aliphatic heterocycles. The summed E-state index contributed by atoms with van der Waals surface area (Å²) in [5, 5.41) is 4.41. The molecule has 2 rings (SSSR count). The van der Waals surface area contributed by atoms with Gasteiger partial charge in [0, 0.05) is 18.1 Å². The second-order valence-electron chi connectivity index (χ2n) is 3.79. The lowest BCUT2D eigenvalue weighted by Crippen LogP contribution is -2.19. The third-order valence-electron chi connectivity index (χ3n) is 2.66. The molecular formula is C11H13N3O2S. The van der Waals surface area contributed by atoms with Gasteiger partial charge in [0.05, 0.1) is 11.6 Å². The van der Waals surface area contributed by atoms with Crippen LogP contribution in [0.2, 0.25) is 0 Å². The molecule has 17 heavy (non-hydrogen) atoms. The first kappa shape index (κ1) is 11.8. The number of rotatable bonds is 3. The average Bonchev–Trinajstić information content (AvgIpc) is 2.80. The van der Waals surface area contributed by atoms with Gasteiger partial charge in [-0.3, -0.25) is 0 Å². The molecular weight excluding hydrogens is 238 g/mol. The van der Waals surface area contributed by atoms with Gasteiger partial charge in [0.25, 0.3) is 0 Å². The molecule has 2 N–H and O–H groups in total. The van der Waals surface area contributed by atoms with Crippen LogP contribution in [0.3, 0.4) is 0 Å². The first-order chi connectivity index (χ1) is 7.98. The van der Waals surface area contributed by atoms with Gasteiger partial charge in [0.2, 0.25) is 10.0 Å². The van der Waals surface area contributed by atoms with Crippen LogP contribution in [0, 0.1) is 0 Å². The van der Waals surface area contributed by atoms with Crippen LogP contribution in [-0.2, 0) is 10.0 Å². The number of hydrogen-bond acceptors (Lipinski definition) is 3. The maximum atomic E-state index is 11.2. The Labute approximate surface area is 100.0 Å². The van der Waals surface area contributed by atoms with E-state index in [0.29, 0.717) is 5.56 Å². The van der Waals surface area contributed by atoms with Gasteiger partial charge in [0.1, 0.15) is 0 Å². The summed E-state index contributed by atoms with van der Waals surface area (Å²) < 4.78 is 24.3. The number of nitrogens with zero attached hydrogens (tertiary/aromatic N) is 2. The zero-order chi connectivity index (χ0) is 12.5. The fraction of sp³-hybridized carbons (Fsp3) is 0.182. The van der Waals surface area contributed by atoms with E-state index in [2.05, 4.69) is 4.98 Å². The first-order valence-corrected chi connectivity index (χ1v) is 6.69. The van der Waals surface area contributed by atoms with Crippen LogP contribution in [0.5, 0.6) is 0 Å². The van der Waals surface area contributed by atoms with Gasteiger partial charge in [0.15, 0.2) is 0 Å². The highest BCUT2D eigenvalue weighted by Gasteiger charge is 2.17. The molecule has 0 aliphatic carbocycles. The van der Waals surface area contributed by atoms with Crippen LogP contribution in [0.4, 0.5) is 0 Å². The zero-order valence-electron chi connectivity index (χ0n) is 9.32. The Hall–Kier alpha value is -1.66. The molecule has 1 unspecified atom stereocenters. The third-order valence-corrected chi connectivity index (χ3v) is 3.92. The van der Waals surface area contributed by atoms with Crippen molar-refractivity contribution in [3.8, 4) is 5.69 Å². The molecule has 90 valence electrons. The van der Waals surface area contributed by atoms with E-state index in [-0.39, 0.29) is 0 Å². The third kappa shape index (κ3) is 2.54. The van der Waals surface area contributed by atoms with E-state index < -0.39 is 15.3 Å². The highest BCUT2D eigenvalue weighted by Crippen LogP contribution is 2.20. The number of hydrogen-bond donors (Lipinski definition) is 1. The minimum atomic E-state index is -3.54. The molecule has 0 radical (unpaired) electrons. The van der Waals surface area contributed by atoms with Crippen molar-refractivity contribution < 1.29 is 8.42 Å². The Morgan fingerprint density at radius 3 is 2.41 bits per heavy atom. The van der Waals surface area contributed by atoms with Crippen molar-refractivity contribution in [1.29, 1.82) is 0 Å². The molecule has 0 aliphatic rings. The summed E-state index contributed by atoms with van der Waals surface area (Å²) in [6.07, 6.45) is 5.18. The Bertz CT molecular complexity index is 588. The minimum absolute atomic E-state index is 0.677. The van der Waals surface area contributed by atoms with Crippen LogP contribution < -0.4 is 5.14 Å². The summed E-state index contributed by atoms with van der Waals surface area (Å²) in [6.45, 7) is 1.57. The lowest BCUT2D eigenvalue weighted by molar-refractivity contribution is 0.588. The second kappa shape index (κ2) is 4.31. The fourth-order valence-electron chi connectivity index (χ4n) is 1.52. The van der Waals surface area contributed by atoms with Crippen molar-refractivity contribution in [3.05, 3.63) is 48.5 Å². The normalized spacial score (nSPS) is 13.5. The van der Waals surface area contributed by atoms with Gasteiger partial charge < -0.3 is 4.57 Å². The van der Waals surface area contributed by atoms with E-state index in [0.717, 1.165) is 5.69 Å². The number of aromatic nitrogens is 2. The number of sulfonamides is 1. The van der Waals surface area contributed by atoms with E-state index >= 15 is 0 Å². The van der Waals surface area contributed by atoms with Gasteiger partial charge in [-0.15, -0.1) is 0 Å². The SMILES string of the molecule is CC(c1ccc(-n2ccnc2)cc1)S(N)(=O)=O. The van der Waals surface area contributed by atoms with E-state index in [1.165, 1.54) is 0 Å². The van der Waals surface area contributed by atoms with Crippen molar-refractivity contribution in [1.82, 2.24) is 9.55 Å². The molecule has 1 heterocycles. The molecule has 6 heteroatoms. The molecule has 2 aromatic rings. The Morgan fingerprint density at radius 1 is 1.29 bits per heavy atom. The molecule has 0 spiro atoms. The summed E-state index contributed by atoms with van der Waals surface area (Å²) in [6, 6.07) is 7.17. The molecule has 1 atom stereocenters. The Morgan fingerprint density at radius 2 is 1.94 bits per heavy atom. The van der Waals surface area contributed by atoms with E-state index in [9.17, 15) is 8.42 Å². The molecule has 0 saturated carbocycles. The number of benzene rings is 1. The summed E-state index contributed by atoms with van der Waals surface area (Å²) in [4.78, 5) is 3.94. The summed E-state index contributed by atoms with van der Waals surface area (Å²) >= 11 is 0. The van der Waals surface area contributed by atoms with Crippen molar-refractivity contribution >= 4 is 10.0 Å². The van der Waals surface area contributed by atoms with Crippen molar-refractivity contribution in [2.24, 2.45) is 5.14 Å². The monoisotopic (exact) mass is 251 g/mol. The number of imidazole rings is 1. The van der Waals surface area contributed by atoms with Crippen molar-refractivity contribution in [3.63, 3.8) is 0 Å². The molecule has 0 fully saturated rings. The highest BCUT2D eigenvalue weighted by atomic mass is 32.2. The van der Waals surface area contributed by atoms with Gasteiger partial charge in [-0.2, -0.15) is 0 Å². The van der Waals surface area contributed by atoms with Gasteiger partial charge in [-0.05, 0) is 24.6 Å². The van der Waals surface area contributed by atoms with Crippen molar-refractivity contribution in [2.45, 2.75) is 12.2 Å². The smallest absolute Gasteiger partial charge is 0.215 e. The second-order valence-corrected chi connectivity index (χ2v) is 5.68. The van der Waals surface area contributed by atoms with Crippen LogP contribution in [0.1, 0.15) is 17.7 Å². The zero-order valence-corrected chi connectivity index (χ0v) is 10.1. The molecule has 0 saturated heterocycles. The largest absolute Gasteiger partial charge is 0.306 e. The standard InChI is InChI=1S/C11H13N3O2S/c1-9(17(12,15)16)10-2-4-11(5-3-10)14-7-6-13-8-14/h2-9H,1H3,(H2,12,15,16). The lowest BCUT2D eigenvalue weighted by atomic mass is 10.1. The maximum Gasteiger partial charge on any atom is 0.215 e. The molecule has 1 aromatic heterocycles. The molecule has 0 bridgehead atoms. The van der Waals surface area contributed by atoms with E-state index in [1.807, 2.05) is 22.9 Å². The number of primary sulfonamides is 1. The number of nitrogens with two attached hydrogens (primary N) is 1. The summed E-state index contributed by atoms with van der Waals surface area (Å²) in [5.74, 6) is 0. The van der Waals surface area contributed by atoms with Gasteiger partial charge in [-0.25, -0.2) is 18.5 Å². The lowest BCUT2D eigenvalue weighted by Gasteiger charge is -2.10. The van der Waals surface area contributed by atoms with E-state index in [1.54, 1.807) is 31.6 Å². The van der Waals surface area contributed by atoms with Crippen LogP contribution >= 0.6 is 0 Å². The fourth-order valence-corrected chi connectivity index (χ4v) is 2.06.